The second kappa shape index (κ2) is 6.50. The fourth-order valence-electron chi connectivity index (χ4n) is 1.73. The number of hydrogen-bond acceptors (Lipinski definition) is 4. The van der Waals surface area contributed by atoms with Crippen LogP contribution >= 0.6 is 27.7 Å². The molecule has 0 amide bonds. The third-order valence-electron chi connectivity index (χ3n) is 2.68. The molecule has 1 heterocycles. The Labute approximate surface area is 126 Å². The zero-order valence-corrected chi connectivity index (χ0v) is 13.3. The van der Waals surface area contributed by atoms with Gasteiger partial charge in [-0.3, -0.25) is 0 Å². The Morgan fingerprint density at radius 1 is 1.21 bits per heavy atom. The monoisotopic (exact) mass is 337 g/mol. The molecule has 0 fully saturated rings. The summed E-state index contributed by atoms with van der Waals surface area (Å²) in [5.41, 5.74) is 8.26. The molecule has 2 aromatic rings. The summed E-state index contributed by atoms with van der Waals surface area (Å²) in [6.07, 6.45) is 1.78. The van der Waals surface area contributed by atoms with Crippen LogP contribution in [0.15, 0.2) is 46.2 Å². The van der Waals surface area contributed by atoms with E-state index in [1.54, 1.807) is 18.0 Å². The van der Waals surface area contributed by atoms with Crippen LogP contribution in [0.3, 0.4) is 0 Å². The number of aryl methyl sites for hydroxylation is 1. The molecule has 0 bridgehead atoms. The number of hydrogen-bond donors (Lipinski definition) is 1. The lowest BCUT2D eigenvalue weighted by atomic mass is 10.1. The predicted molar refractivity (Wildman–Crippen MR) is 83.2 cm³/mol. The normalized spacial score (nSPS) is 14.1. The highest BCUT2D eigenvalue weighted by Gasteiger charge is 2.19. The minimum absolute atomic E-state index is 0.0234. The molecular formula is C14H16BrN3S. The second-order valence-electron chi connectivity index (χ2n) is 4.43. The Balaban J connectivity index is 2.23. The van der Waals surface area contributed by atoms with Gasteiger partial charge in [0.25, 0.3) is 0 Å². The first-order chi connectivity index (χ1) is 9.06. The molecule has 0 spiro atoms. The first-order valence-electron chi connectivity index (χ1n) is 6.03. The third kappa shape index (κ3) is 4.03. The van der Waals surface area contributed by atoms with Crippen LogP contribution in [0, 0.1) is 6.92 Å². The van der Waals surface area contributed by atoms with E-state index in [9.17, 15) is 0 Å². The number of aromatic nitrogens is 2. The van der Waals surface area contributed by atoms with Crippen LogP contribution in [0.1, 0.15) is 23.4 Å². The zero-order valence-electron chi connectivity index (χ0n) is 10.9. The molecule has 0 saturated carbocycles. The van der Waals surface area contributed by atoms with Crippen LogP contribution in [0.25, 0.3) is 0 Å². The molecule has 2 N–H and O–H groups in total. The Kier molecular flexibility index (Phi) is 4.96. The smallest absolute Gasteiger partial charge is 0.188 e. The molecule has 0 aliphatic rings. The molecule has 0 aliphatic carbocycles. The van der Waals surface area contributed by atoms with E-state index in [2.05, 4.69) is 38.0 Å². The molecular weight excluding hydrogens is 322 g/mol. The van der Waals surface area contributed by atoms with E-state index in [0.29, 0.717) is 0 Å². The summed E-state index contributed by atoms with van der Waals surface area (Å²) >= 11 is 5.05. The quantitative estimate of drug-likeness (QED) is 0.682. The molecule has 0 aliphatic heterocycles. The Bertz CT molecular complexity index is 543. The van der Waals surface area contributed by atoms with Gasteiger partial charge in [-0.05, 0) is 37.6 Å². The summed E-state index contributed by atoms with van der Waals surface area (Å²) < 4.78 is 1.07. The highest BCUT2D eigenvalue weighted by molar-refractivity contribution is 9.10. The molecule has 5 heteroatoms. The molecule has 19 heavy (non-hydrogen) atoms. The number of nitrogens with two attached hydrogens (primary N) is 1. The van der Waals surface area contributed by atoms with E-state index in [-0.39, 0.29) is 11.3 Å². The van der Waals surface area contributed by atoms with Crippen molar-refractivity contribution in [1.29, 1.82) is 0 Å². The standard InChI is InChI=1S/C14H16BrN3S/c1-9-7-8-17-14(18-9)19-13(10(2)16)11-3-5-12(15)6-4-11/h3-8,10,13H,16H2,1-2H3. The lowest BCUT2D eigenvalue weighted by Gasteiger charge is -2.20. The van der Waals surface area contributed by atoms with Crippen molar-refractivity contribution in [3.05, 3.63) is 52.3 Å². The van der Waals surface area contributed by atoms with E-state index < -0.39 is 0 Å². The number of nitrogens with zero attached hydrogens (tertiary/aromatic N) is 2. The zero-order chi connectivity index (χ0) is 13.8. The lowest BCUT2D eigenvalue weighted by molar-refractivity contribution is 0.717. The van der Waals surface area contributed by atoms with Crippen LogP contribution in [0.5, 0.6) is 0 Å². The van der Waals surface area contributed by atoms with Gasteiger partial charge in [0.2, 0.25) is 0 Å². The van der Waals surface area contributed by atoms with Crippen molar-refractivity contribution < 1.29 is 0 Å². The predicted octanol–water partition coefficient (Wildman–Crippen LogP) is 3.73. The summed E-state index contributed by atoms with van der Waals surface area (Å²) in [4.78, 5) is 8.72. The fourth-order valence-corrected chi connectivity index (χ4v) is 3.05. The fraction of sp³-hybridized carbons (Fsp3) is 0.286. The molecule has 2 unspecified atom stereocenters. The molecule has 100 valence electrons. The van der Waals surface area contributed by atoms with Gasteiger partial charge in [0.1, 0.15) is 0 Å². The number of rotatable bonds is 4. The average Bonchev–Trinajstić information content (AvgIpc) is 2.37. The molecule has 1 aromatic carbocycles. The van der Waals surface area contributed by atoms with Crippen LogP contribution in [-0.4, -0.2) is 16.0 Å². The van der Waals surface area contributed by atoms with Crippen molar-refractivity contribution in [2.45, 2.75) is 30.3 Å². The van der Waals surface area contributed by atoms with Crippen LogP contribution in [0.2, 0.25) is 0 Å². The summed E-state index contributed by atoms with van der Waals surface area (Å²) in [6, 6.07) is 10.1. The minimum Gasteiger partial charge on any atom is -0.327 e. The van der Waals surface area contributed by atoms with Crippen LogP contribution in [-0.2, 0) is 0 Å². The summed E-state index contributed by atoms with van der Waals surface area (Å²) in [5, 5.41) is 0.917. The number of halogens is 1. The third-order valence-corrected chi connectivity index (χ3v) is 4.57. The van der Waals surface area contributed by atoms with E-state index in [4.69, 9.17) is 5.73 Å². The van der Waals surface area contributed by atoms with Crippen molar-refractivity contribution in [3.8, 4) is 0 Å². The van der Waals surface area contributed by atoms with Gasteiger partial charge in [0, 0.05) is 22.4 Å². The van der Waals surface area contributed by atoms with Crippen molar-refractivity contribution in [2.24, 2.45) is 5.73 Å². The maximum atomic E-state index is 6.10. The van der Waals surface area contributed by atoms with Crippen LogP contribution < -0.4 is 5.73 Å². The number of thioether (sulfide) groups is 1. The Hall–Kier alpha value is -0.910. The highest BCUT2D eigenvalue weighted by atomic mass is 79.9. The van der Waals surface area contributed by atoms with Crippen molar-refractivity contribution >= 4 is 27.7 Å². The van der Waals surface area contributed by atoms with Gasteiger partial charge < -0.3 is 5.73 Å². The van der Waals surface area contributed by atoms with Crippen LogP contribution in [0.4, 0.5) is 0 Å². The molecule has 0 saturated heterocycles. The summed E-state index contributed by atoms with van der Waals surface area (Å²) in [5.74, 6) is 0. The summed E-state index contributed by atoms with van der Waals surface area (Å²) in [7, 11) is 0. The van der Waals surface area contributed by atoms with Gasteiger partial charge in [-0.1, -0.05) is 39.8 Å². The lowest BCUT2D eigenvalue weighted by Crippen LogP contribution is -2.22. The van der Waals surface area contributed by atoms with E-state index in [0.717, 1.165) is 15.3 Å². The van der Waals surface area contributed by atoms with Gasteiger partial charge in [-0.15, -0.1) is 0 Å². The van der Waals surface area contributed by atoms with Gasteiger partial charge in [0.05, 0.1) is 5.25 Å². The van der Waals surface area contributed by atoms with E-state index in [1.807, 2.05) is 32.0 Å². The number of benzene rings is 1. The molecule has 1 aromatic heterocycles. The van der Waals surface area contributed by atoms with E-state index in [1.165, 1.54) is 5.56 Å². The van der Waals surface area contributed by atoms with Crippen molar-refractivity contribution in [2.75, 3.05) is 0 Å². The molecule has 0 radical (unpaired) electrons. The largest absolute Gasteiger partial charge is 0.327 e. The van der Waals surface area contributed by atoms with Crippen molar-refractivity contribution in [1.82, 2.24) is 9.97 Å². The van der Waals surface area contributed by atoms with Gasteiger partial charge in [0.15, 0.2) is 5.16 Å². The first-order valence-corrected chi connectivity index (χ1v) is 7.71. The maximum absolute atomic E-state index is 6.10. The molecule has 3 nitrogen and oxygen atoms in total. The average molecular weight is 338 g/mol. The van der Waals surface area contributed by atoms with Gasteiger partial charge in [-0.25, -0.2) is 9.97 Å². The van der Waals surface area contributed by atoms with Crippen molar-refractivity contribution in [3.63, 3.8) is 0 Å². The molecule has 2 rings (SSSR count). The SMILES string of the molecule is Cc1ccnc(SC(c2ccc(Br)cc2)C(C)N)n1. The Morgan fingerprint density at radius 2 is 1.89 bits per heavy atom. The summed E-state index contributed by atoms with van der Waals surface area (Å²) in [6.45, 7) is 3.97. The van der Waals surface area contributed by atoms with Gasteiger partial charge in [-0.2, -0.15) is 0 Å². The van der Waals surface area contributed by atoms with E-state index >= 15 is 0 Å². The van der Waals surface area contributed by atoms with Gasteiger partial charge >= 0.3 is 0 Å². The Morgan fingerprint density at radius 3 is 2.47 bits per heavy atom. The minimum atomic E-state index is 0.0234. The first kappa shape index (κ1) is 14.5. The second-order valence-corrected chi connectivity index (χ2v) is 6.45. The highest BCUT2D eigenvalue weighted by Crippen LogP contribution is 2.35. The maximum Gasteiger partial charge on any atom is 0.188 e. The molecule has 2 atom stereocenters. The topological polar surface area (TPSA) is 51.8 Å².